The van der Waals surface area contributed by atoms with Crippen LogP contribution in [0.25, 0.3) is 0 Å². The molecule has 1 N–H and O–H groups in total. The number of hydrogen-bond donors (Lipinski definition) is 1. The molecule has 0 spiro atoms. The van der Waals surface area contributed by atoms with E-state index in [9.17, 15) is 9.59 Å². The normalized spacial score (nSPS) is 12.1. The second kappa shape index (κ2) is 11.2. The maximum Gasteiger partial charge on any atom is 0.261 e. The molecule has 180 valence electrons. The minimum Gasteiger partial charge on any atom is -0.497 e. The summed E-state index contributed by atoms with van der Waals surface area (Å²) in [7, 11) is 1.61. The third-order valence-corrected chi connectivity index (χ3v) is 5.51. The molecule has 6 heteroatoms. The number of methoxy groups -OCH3 is 1. The molecule has 0 aliphatic heterocycles. The summed E-state index contributed by atoms with van der Waals surface area (Å²) in [5.74, 6) is 1.02. The maximum atomic E-state index is 13.4. The summed E-state index contributed by atoms with van der Waals surface area (Å²) in [6, 6.07) is 10.9. The fourth-order valence-corrected chi connectivity index (χ4v) is 3.67. The summed E-state index contributed by atoms with van der Waals surface area (Å²) in [5.41, 5.74) is 3.71. The van der Waals surface area contributed by atoms with Crippen molar-refractivity contribution in [3.63, 3.8) is 0 Å². The van der Waals surface area contributed by atoms with Gasteiger partial charge in [0.15, 0.2) is 6.61 Å². The number of carbonyl (C=O) groups excluding carboxylic acids is 2. The molecule has 0 bridgehead atoms. The van der Waals surface area contributed by atoms with Gasteiger partial charge in [-0.1, -0.05) is 25.1 Å². The molecule has 0 aliphatic carbocycles. The van der Waals surface area contributed by atoms with Crippen LogP contribution in [0.1, 0.15) is 56.4 Å². The number of nitrogens with zero attached hydrogens (tertiary/aromatic N) is 1. The second-order valence-corrected chi connectivity index (χ2v) is 9.53. The lowest BCUT2D eigenvalue weighted by Crippen LogP contribution is -2.54. The van der Waals surface area contributed by atoms with Crippen LogP contribution in [0.2, 0.25) is 0 Å². The van der Waals surface area contributed by atoms with Crippen molar-refractivity contribution in [2.45, 2.75) is 73.0 Å². The fourth-order valence-electron chi connectivity index (χ4n) is 3.67. The number of carbonyl (C=O) groups is 2. The van der Waals surface area contributed by atoms with E-state index in [0.717, 1.165) is 28.0 Å². The van der Waals surface area contributed by atoms with Gasteiger partial charge in [0.1, 0.15) is 17.5 Å². The molecule has 0 fully saturated rings. The minimum absolute atomic E-state index is 0.140. The van der Waals surface area contributed by atoms with Gasteiger partial charge in [-0.05, 0) is 88.4 Å². The zero-order valence-electron chi connectivity index (χ0n) is 21.2. The van der Waals surface area contributed by atoms with E-state index in [0.29, 0.717) is 18.7 Å². The van der Waals surface area contributed by atoms with Gasteiger partial charge in [-0.25, -0.2) is 0 Å². The van der Waals surface area contributed by atoms with Crippen LogP contribution in [-0.4, -0.2) is 42.0 Å². The molecule has 0 unspecified atom stereocenters. The van der Waals surface area contributed by atoms with Crippen molar-refractivity contribution in [3.8, 4) is 11.5 Å². The van der Waals surface area contributed by atoms with Crippen LogP contribution in [-0.2, 0) is 16.1 Å². The smallest absolute Gasteiger partial charge is 0.261 e. The molecule has 2 aromatic carbocycles. The van der Waals surface area contributed by atoms with Crippen LogP contribution in [0.15, 0.2) is 36.4 Å². The SMILES string of the molecule is CC[C@@H](C(=O)NC(C)(C)C)N(Cc1ccc(OC)cc1)C(=O)COc1cc(C)cc(C)c1C. The molecule has 2 rings (SSSR count). The zero-order valence-corrected chi connectivity index (χ0v) is 21.2. The van der Waals surface area contributed by atoms with Crippen LogP contribution in [0.3, 0.4) is 0 Å². The number of ether oxygens (including phenoxy) is 2. The largest absolute Gasteiger partial charge is 0.497 e. The van der Waals surface area contributed by atoms with Crippen LogP contribution in [0.5, 0.6) is 11.5 Å². The average molecular weight is 455 g/mol. The molecule has 0 saturated carbocycles. The van der Waals surface area contributed by atoms with Gasteiger partial charge in [-0.3, -0.25) is 9.59 Å². The predicted molar refractivity (Wildman–Crippen MR) is 132 cm³/mol. The fraction of sp³-hybridized carbons (Fsp3) is 0.481. The van der Waals surface area contributed by atoms with Crippen molar-refractivity contribution in [2.75, 3.05) is 13.7 Å². The van der Waals surface area contributed by atoms with Crippen molar-refractivity contribution in [1.82, 2.24) is 10.2 Å². The summed E-state index contributed by atoms with van der Waals surface area (Å²) in [6.07, 6.45) is 0.492. The van der Waals surface area contributed by atoms with Gasteiger partial charge in [0.05, 0.1) is 7.11 Å². The molecular formula is C27H38N2O4. The lowest BCUT2D eigenvalue weighted by atomic mass is 10.1. The molecule has 0 radical (unpaired) electrons. The van der Waals surface area contributed by atoms with E-state index in [1.165, 1.54) is 0 Å². The van der Waals surface area contributed by atoms with Crippen LogP contribution in [0, 0.1) is 20.8 Å². The van der Waals surface area contributed by atoms with Gasteiger partial charge in [0.2, 0.25) is 5.91 Å². The summed E-state index contributed by atoms with van der Waals surface area (Å²) >= 11 is 0. The lowest BCUT2D eigenvalue weighted by Gasteiger charge is -2.33. The molecule has 0 aromatic heterocycles. The highest BCUT2D eigenvalue weighted by molar-refractivity contribution is 5.88. The highest BCUT2D eigenvalue weighted by Crippen LogP contribution is 2.24. The summed E-state index contributed by atoms with van der Waals surface area (Å²) in [6.45, 7) is 13.9. The van der Waals surface area contributed by atoms with Crippen molar-refractivity contribution < 1.29 is 19.1 Å². The Morgan fingerprint density at radius 3 is 2.24 bits per heavy atom. The van der Waals surface area contributed by atoms with Gasteiger partial charge in [-0.2, -0.15) is 0 Å². The monoisotopic (exact) mass is 454 g/mol. The van der Waals surface area contributed by atoms with E-state index in [4.69, 9.17) is 9.47 Å². The summed E-state index contributed by atoms with van der Waals surface area (Å²) in [5, 5.41) is 3.01. The Balaban J connectivity index is 2.29. The van der Waals surface area contributed by atoms with Gasteiger partial charge in [0.25, 0.3) is 5.91 Å². The molecule has 1 atom stereocenters. The second-order valence-electron chi connectivity index (χ2n) is 9.53. The number of benzene rings is 2. The zero-order chi connectivity index (χ0) is 24.8. The molecule has 0 saturated heterocycles. The Labute approximate surface area is 198 Å². The lowest BCUT2D eigenvalue weighted by molar-refractivity contribution is -0.143. The molecule has 2 aromatic rings. The van der Waals surface area contributed by atoms with E-state index in [1.807, 2.05) is 78.8 Å². The van der Waals surface area contributed by atoms with Crippen molar-refractivity contribution in [1.29, 1.82) is 0 Å². The third-order valence-electron chi connectivity index (χ3n) is 5.51. The topological polar surface area (TPSA) is 67.9 Å². The number of hydrogen-bond acceptors (Lipinski definition) is 4. The van der Waals surface area contributed by atoms with Gasteiger partial charge >= 0.3 is 0 Å². The van der Waals surface area contributed by atoms with E-state index < -0.39 is 11.6 Å². The number of nitrogens with one attached hydrogen (secondary N) is 1. The Hall–Kier alpha value is -3.02. The standard InChI is InChI=1S/C27H38N2O4/c1-9-23(26(31)28-27(5,6)7)29(16-21-10-12-22(32-8)13-11-21)25(30)17-33-24-15-18(2)14-19(3)20(24)4/h10-15,23H,9,16-17H2,1-8H3,(H,28,31)/t23-/m0/s1. The molecule has 2 amide bonds. The predicted octanol–water partition coefficient (Wildman–Crippen LogP) is 4.72. The van der Waals surface area contributed by atoms with E-state index >= 15 is 0 Å². The molecule has 0 heterocycles. The average Bonchev–Trinajstić information content (AvgIpc) is 2.74. The van der Waals surface area contributed by atoms with Crippen LogP contribution in [0.4, 0.5) is 0 Å². The van der Waals surface area contributed by atoms with Crippen molar-refractivity contribution >= 4 is 11.8 Å². The van der Waals surface area contributed by atoms with Gasteiger partial charge < -0.3 is 19.7 Å². The van der Waals surface area contributed by atoms with E-state index in [2.05, 4.69) is 11.4 Å². The molecule has 33 heavy (non-hydrogen) atoms. The van der Waals surface area contributed by atoms with Gasteiger partial charge in [0, 0.05) is 12.1 Å². The Bertz CT molecular complexity index is 961. The Morgan fingerprint density at radius 2 is 1.70 bits per heavy atom. The van der Waals surface area contributed by atoms with Crippen molar-refractivity contribution in [3.05, 3.63) is 58.7 Å². The number of rotatable bonds is 9. The first-order chi connectivity index (χ1) is 15.4. The van der Waals surface area contributed by atoms with Crippen LogP contribution < -0.4 is 14.8 Å². The van der Waals surface area contributed by atoms with E-state index in [-0.39, 0.29) is 18.4 Å². The van der Waals surface area contributed by atoms with Gasteiger partial charge in [-0.15, -0.1) is 0 Å². The first-order valence-electron chi connectivity index (χ1n) is 11.4. The Kier molecular flexibility index (Phi) is 8.91. The molecular weight excluding hydrogens is 416 g/mol. The maximum absolute atomic E-state index is 13.4. The van der Waals surface area contributed by atoms with E-state index in [1.54, 1.807) is 12.0 Å². The minimum atomic E-state index is -0.609. The summed E-state index contributed by atoms with van der Waals surface area (Å²) in [4.78, 5) is 28.1. The van der Waals surface area contributed by atoms with Crippen LogP contribution >= 0.6 is 0 Å². The molecule has 6 nitrogen and oxygen atoms in total. The van der Waals surface area contributed by atoms with Crippen molar-refractivity contribution in [2.24, 2.45) is 0 Å². The number of amides is 2. The highest BCUT2D eigenvalue weighted by Gasteiger charge is 2.31. The summed E-state index contributed by atoms with van der Waals surface area (Å²) < 4.78 is 11.2. The number of aryl methyl sites for hydroxylation is 2. The highest BCUT2D eigenvalue weighted by atomic mass is 16.5. The first-order valence-corrected chi connectivity index (χ1v) is 11.4. The first kappa shape index (κ1) is 26.2. The quantitative estimate of drug-likeness (QED) is 0.595. The Morgan fingerprint density at radius 1 is 1.06 bits per heavy atom. The third kappa shape index (κ3) is 7.52. The molecule has 0 aliphatic rings.